The summed E-state index contributed by atoms with van der Waals surface area (Å²) in [6.07, 6.45) is 5.22. The van der Waals surface area contributed by atoms with Gasteiger partial charge in [0.1, 0.15) is 12.4 Å². The third-order valence-corrected chi connectivity index (χ3v) is 2.26. The second-order valence-corrected chi connectivity index (χ2v) is 3.51. The van der Waals surface area contributed by atoms with Crippen molar-refractivity contribution in [2.75, 3.05) is 6.61 Å². The number of aliphatic hydroxyl groups excluding tert-OH is 1. The predicted octanol–water partition coefficient (Wildman–Crippen LogP) is 1.41. The van der Waals surface area contributed by atoms with E-state index in [-0.39, 0.29) is 12.4 Å². The average molecular weight is 230 g/mol. The molecule has 0 atom stereocenters. The van der Waals surface area contributed by atoms with Gasteiger partial charge in [0.15, 0.2) is 0 Å². The van der Waals surface area contributed by atoms with Crippen molar-refractivity contribution < 1.29 is 9.50 Å². The van der Waals surface area contributed by atoms with Gasteiger partial charge in [-0.25, -0.2) is 9.37 Å². The van der Waals surface area contributed by atoms with E-state index in [2.05, 4.69) is 16.8 Å². The van der Waals surface area contributed by atoms with Crippen molar-refractivity contribution in [3.8, 4) is 11.8 Å². The maximum Gasteiger partial charge on any atom is 0.138 e. The Balaban J connectivity index is 2.24. The first-order valence-corrected chi connectivity index (χ1v) is 5.13. The molecular weight excluding hydrogens is 219 g/mol. The number of imidazole rings is 1. The molecule has 0 radical (unpaired) electrons. The van der Waals surface area contributed by atoms with Gasteiger partial charge in [0.25, 0.3) is 0 Å². The van der Waals surface area contributed by atoms with Crippen molar-refractivity contribution in [1.29, 1.82) is 0 Å². The highest BCUT2D eigenvalue weighted by atomic mass is 19.1. The van der Waals surface area contributed by atoms with Gasteiger partial charge in [0.2, 0.25) is 0 Å². The first kappa shape index (κ1) is 11.4. The van der Waals surface area contributed by atoms with Crippen LogP contribution >= 0.6 is 0 Å². The summed E-state index contributed by atoms with van der Waals surface area (Å²) in [6, 6.07) is 4.77. The van der Waals surface area contributed by atoms with E-state index in [0.29, 0.717) is 12.1 Å². The van der Waals surface area contributed by atoms with Crippen LogP contribution in [0.4, 0.5) is 4.39 Å². The number of aliphatic hydroxyl groups is 1. The smallest absolute Gasteiger partial charge is 0.138 e. The molecule has 1 N–H and O–H groups in total. The van der Waals surface area contributed by atoms with Crippen LogP contribution in [0.25, 0.3) is 0 Å². The molecule has 0 amide bonds. The van der Waals surface area contributed by atoms with E-state index in [1.165, 1.54) is 6.07 Å². The van der Waals surface area contributed by atoms with Crippen LogP contribution in [0.3, 0.4) is 0 Å². The fraction of sp³-hybridized carbons (Fsp3) is 0.154. The minimum atomic E-state index is -0.375. The van der Waals surface area contributed by atoms with Crippen LogP contribution in [0.15, 0.2) is 36.9 Å². The molecule has 1 heterocycles. The van der Waals surface area contributed by atoms with E-state index >= 15 is 0 Å². The van der Waals surface area contributed by atoms with Crippen LogP contribution in [-0.4, -0.2) is 21.3 Å². The minimum Gasteiger partial charge on any atom is -0.384 e. The van der Waals surface area contributed by atoms with E-state index in [0.717, 1.165) is 5.56 Å². The Morgan fingerprint density at radius 3 is 3.00 bits per heavy atom. The summed E-state index contributed by atoms with van der Waals surface area (Å²) in [5.74, 6) is 4.65. The number of rotatable bonds is 2. The van der Waals surface area contributed by atoms with Crippen molar-refractivity contribution in [3.63, 3.8) is 0 Å². The Labute approximate surface area is 98.5 Å². The summed E-state index contributed by atoms with van der Waals surface area (Å²) >= 11 is 0. The number of nitrogens with zero attached hydrogens (tertiary/aromatic N) is 2. The topological polar surface area (TPSA) is 38.0 Å². The third kappa shape index (κ3) is 2.92. The fourth-order valence-electron chi connectivity index (χ4n) is 1.49. The van der Waals surface area contributed by atoms with Crippen LogP contribution in [-0.2, 0) is 6.54 Å². The van der Waals surface area contributed by atoms with Gasteiger partial charge in [-0.2, -0.15) is 0 Å². The Kier molecular flexibility index (Phi) is 3.53. The molecule has 0 aliphatic heterocycles. The van der Waals surface area contributed by atoms with Gasteiger partial charge in [-0.15, -0.1) is 0 Å². The third-order valence-electron chi connectivity index (χ3n) is 2.26. The molecule has 0 unspecified atom stereocenters. The second kappa shape index (κ2) is 5.28. The Morgan fingerprint density at radius 2 is 2.29 bits per heavy atom. The minimum absolute atomic E-state index is 0.273. The molecule has 0 aliphatic rings. The van der Waals surface area contributed by atoms with Crippen LogP contribution < -0.4 is 0 Å². The van der Waals surface area contributed by atoms with Crippen molar-refractivity contribution in [1.82, 2.24) is 9.55 Å². The first-order chi connectivity index (χ1) is 8.29. The van der Waals surface area contributed by atoms with Crippen molar-refractivity contribution in [2.24, 2.45) is 0 Å². The molecule has 0 bridgehead atoms. The van der Waals surface area contributed by atoms with Gasteiger partial charge >= 0.3 is 0 Å². The number of hydrogen-bond donors (Lipinski definition) is 1. The highest BCUT2D eigenvalue weighted by Gasteiger charge is 2.01. The zero-order valence-electron chi connectivity index (χ0n) is 9.10. The highest BCUT2D eigenvalue weighted by Crippen LogP contribution is 2.10. The lowest BCUT2D eigenvalue weighted by Gasteiger charge is -2.03. The number of aromatic nitrogens is 2. The van der Waals surface area contributed by atoms with Gasteiger partial charge in [-0.1, -0.05) is 17.9 Å². The van der Waals surface area contributed by atoms with Gasteiger partial charge in [-0.3, -0.25) is 0 Å². The first-order valence-electron chi connectivity index (χ1n) is 5.13. The summed E-state index contributed by atoms with van der Waals surface area (Å²) in [6.45, 7) is 0.347. The molecule has 86 valence electrons. The molecule has 0 saturated carbocycles. The zero-order valence-corrected chi connectivity index (χ0v) is 9.10. The summed E-state index contributed by atoms with van der Waals surface area (Å²) in [7, 11) is 0. The molecule has 4 heteroatoms. The molecule has 0 saturated heterocycles. The van der Waals surface area contributed by atoms with Crippen LogP contribution in [0, 0.1) is 17.7 Å². The molecule has 3 nitrogen and oxygen atoms in total. The summed E-state index contributed by atoms with van der Waals surface area (Å²) in [5.41, 5.74) is 1.24. The number of halogens is 1. The monoisotopic (exact) mass is 230 g/mol. The Morgan fingerprint density at radius 1 is 1.41 bits per heavy atom. The number of benzene rings is 1. The lowest BCUT2D eigenvalue weighted by atomic mass is 10.1. The van der Waals surface area contributed by atoms with E-state index in [9.17, 15) is 4.39 Å². The molecule has 0 fully saturated rings. The van der Waals surface area contributed by atoms with E-state index in [1.807, 2.05) is 10.8 Å². The second-order valence-electron chi connectivity index (χ2n) is 3.51. The molecule has 2 rings (SSSR count). The van der Waals surface area contributed by atoms with Gasteiger partial charge in [0.05, 0.1) is 11.9 Å². The molecule has 2 aromatic rings. The largest absolute Gasteiger partial charge is 0.384 e. The molecule has 0 aliphatic carbocycles. The Bertz CT molecular complexity index is 553. The van der Waals surface area contributed by atoms with Crippen LogP contribution in [0.2, 0.25) is 0 Å². The van der Waals surface area contributed by atoms with Gasteiger partial charge in [-0.05, 0) is 17.7 Å². The maximum absolute atomic E-state index is 13.4. The average Bonchev–Trinajstić information content (AvgIpc) is 2.82. The van der Waals surface area contributed by atoms with E-state index in [1.54, 1.807) is 24.7 Å². The van der Waals surface area contributed by atoms with Crippen molar-refractivity contribution in [2.45, 2.75) is 6.54 Å². The maximum atomic E-state index is 13.4. The van der Waals surface area contributed by atoms with E-state index in [4.69, 9.17) is 5.11 Å². The lowest BCUT2D eigenvalue weighted by Crippen LogP contribution is -1.97. The normalized spacial score (nSPS) is 9.76. The van der Waals surface area contributed by atoms with Crippen LogP contribution in [0.1, 0.15) is 11.1 Å². The Hall–Kier alpha value is -2.12. The van der Waals surface area contributed by atoms with E-state index < -0.39 is 0 Å². The van der Waals surface area contributed by atoms with Crippen molar-refractivity contribution in [3.05, 3.63) is 53.9 Å². The highest BCUT2D eigenvalue weighted by molar-refractivity contribution is 5.38. The summed E-state index contributed by atoms with van der Waals surface area (Å²) in [5, 5.41) is 8.59. The molecule has 0 spiro atoms. The number of hydrogen-bond acceptors (Lipinski definition) is 2. The standard InChI is InChI=1S/C13H11FN2O/c14-13-4-3-11(8-12(13)2-1-7-17)9-16-6-5-15-10-16/h3-6,8,10,17H,7,9H2. The quantitative estimate of drug-likeness (QED) is 0.792. The molecular formula is C13H11FN2O. The summed E-state index contributed by atoms with van der Waals surface area (Å²) < 4.78 is 15.3. The lowest BCUT2D eigenvalue weighted by molar-refractivity contribution is 0.350. The van der Waals surface area contributed by atoms with Crippen LogP contribution in [0.5, 0.6) is 0 Å². The predicted molar refractivity (Wildman–Crippen MR) is 61.7 cm³/mol. The molecule has 1 aromatic heterocycles. The summed E-state index contributed by atoms with van der Waals surface area (Å²) in [4.78, 5) is 3.94. The van der Waals surface area contributed by atoms with Crippen molar-refractivity contribution >= 4 is 0 Å². The molecule has 1 aromatic carbocycles. The van der Waals surface area contributed by atoms with Gasteiger partial charge in [0, 0.05) is 18.9 Å². The zero-order chi connectivity index (χ0) is 12.1. The van der Waals surface area contributed by atoms with Gasteiger partial charge < -0.3 is 9.67 Å². The molecule has 17 heavy (non-hydrogen) atoms. The fourth-order valence-corrected chi connectivity index (χ4v) is 1.49. The SMILES string of the molecule is OCC#Cc1cc(Cn2ccnc2)ccc1F.